The molecule has 0 aliphatic heterocycles. The Hall–Kier alpha value is -3.61. The number of rotatable bonds is 9. The van der Waals surface area contributed by atoms with Gasteiger partial charge in [-0.05, 0) is 48.2 Å². The highest BCUT2D eigenvalue weighted by atomic mass is 16.5. The summed E-state index contributed by atoms with van der Waals surface area (Å²) in [6, 6.07) is 14.3. The van der Waals surface area contributed by atoms with E-state index in [4.69, 9.17) is 4.74 Å². The lowest BCUT2D eigenvalue weighted by Crippen LogP contribution is -2.45. The van der Waals surface area contributed by atoms with Crippen LogP contribution < -0.4 is 15.4 Å². The number of aliphatic carboxylic acids is 1. The maximum atomic E-state index is 12.9. The van der Waals surface area contributed by atoms with Gasteiger partial charge < -0.3 is 20.5 Å². The molecule has 7 nitrogen and oxygen atoms in total. The summed E-state index contributed by atoms with van der Waals surface area (Å²) in [5.41, 5.74) is 0.969. The zero-order valence-corrected chi connectivity index (χ0v) is 17.2. The second-order valence-corrected chi connectivity index (χ2v) is 7.15. The van der Waals surface area contributed by atoms with Crippen molar-refractivity contribution in [3.8, 4) is 5.75 Å². The molecule has 3 N–H and O–H groups in total. The van der Waals surface area contributed by atoms with Gasteiger partial charge in [-0.1, -0.05) is 44.2 Å². The summed E-state index contributed by atoms with van der Waals surface area (Å²) in [5, 5.41) is 14.5. The molecule has 0 aromatic heterocycles. The average Bonchev–Trinajstić information content (AvgIpc) is 2.73. The molecule has 0 spiro atoms. The Morgan fingerprint density at radius 1 is 1.03 bits per heavy atom. The molecular weight excluding hydrogens is 384 g/mol. The van der Waals surface area contributed by atoms with Crippen LogP contribution in [0.1, 0.15) is 36.2 Å². The normalized spacial score (nSPS) is 12.2. The van der Waals surface area contributed by atoms with E-state index < -0.39 is 23.8 Å². The Kier molecular flexibility index (Phi) is 8.17. The quantitative estimate of drug-likeness (QED) is 0.551. The number of carboxylic acid groups (broad SMARTS) is 1. The first-order chi connectivity index (χ1) is 14.3. The monoisotopic (exact) mass is 410 g/mol. The minimum Gasteiger partial charge on any atom is -0.497 e. The number of carbonyl (C=O) groups is 3. The Balaban J connectivity index is 2.31. The van der Waals surface area contributed by atoms with E-state index in [-0.39, 0.29) is 18.0 Å². The largest absolute Gasteiger partial charge is 0.497 e. The molecular formula is C23H26N2O5. The van der Waals surface area contributed by atoms with Crippen molar-refractivity contribution in [2.45, 2.75) is 26.3 Å². The summed E-state index contributed by atoms with van der Waals surface area (Å²) in [5.74, 6) is -1.56. The summed E-state index contributed by atoms with van der Waals surface area (Å²) < 4.78 is 5.12. The molecule has 0 heterocycles. The molecule has 0 aliphatic carbocycles. The van der Waals surface area contributed by atoms with Crippen molar-refractivity contribution >= 4 is 23.9 Å². The van der Waals surface area contributed by atoms with Crippen LogP contribution in [0.15, 0.2) is 60.3 Å². The molecule has 2 aromatic carbocycles. The van der Waals surface area contributed by atoms with Crippen LogP contribution in [0.25, 0.3) is 6.08 Å². The topological polar surface area (TPSA) is 105 Å². The Bertz CT molecular complexity index is 905. The van der Waals surface area contributed by atoms with Gasteiger partial charge >= 0.3 is 5.97 Å². The smallest absolute Gasteiger partial charge is 0.326 e. The fraction of sp³-hybridized carbons (Fsp3) is 0.261. The molecule has 1 atom stereocenters. The summed E-state index contributed by atoms with van der Waals surface area (Å²) in [4.78, 5) is 37.0. The highest BCUT2D eigenvalue weighted by Crippen LogP contribution is 2.14. The first-order valence-electron chi connectivity index (χ1n) is 9.56. The molecule has 1 unspecified atom stereocenters. The summed E-state index contributed by atoms with van der Waals surface area (Å²) in [6.45, 7) is 3.74. The fourth-order valence-electron chi connectivity index (χ4n) is 2.74. The lowest BCUT2D eigenvalue weighted by Gasteiger charge is -2.18. The number of hydrogen-bond acceptors (Lipinski definition) is 4. The van der Waals surface area contributed by atoms with Gasteiger partial charge in [0, 0.05) is 5.56 Å². The number of nitrogens with one attached hydrogen (secondary N) is 2. The lowest BCUT2D eigenvalue weighted by molar-refractivity contribution is -0.141. The third kappa shape index (κ3) is 6.77. The number of carboxylic acids is 1. The molecule has 158 valence electrons. The molecule has 30 heavy (non-hydrogen) atoms. The third-order valence-corrected chi connectivity index (χ3v) is 4.27. The van der Waals surface area contributed by atoms with Gasteiger partial charge in [0.05, 0.1) is 7.11 Å². The second-order valence-electron chi connectivity index (χ2n) is 7.15. The zero-order chi connectivity index (χ0) is 22.1. The molecule has 0 bridgehead atoms. The first-order valence-corrected chi connectivity index (χ1v) is 9.56. The fourth-order valence-corrected chi connectivity index (χ4v) is 2.74. The Labute approximate surface area is 175 Å². The van der Waals surface area contributed by atoms with E-state index in [0.29, 0.717) is 16.9 Å². The molecule has 0 saturated carbocycles. The Morgan fingerprint density at radius 3 is 2.20 bits per heavy atom. The number of methoxy groups -OCH3 is 1. The number of amides is 2. The molecule has 2 aromatic rings. The maximum absolute atomic E-state index is 12.9. The highest BCUT2D eigenvalue weighted by molar-refractivity contribution is 6.06. The van der Waals surface area contributed by atoms with Gasteiger partial charge in [-0.2, -0.15) is 0 Å². The van der Waals surface area contributed by atoms with Crippen LogP contribution >= 0.6 is 0 Å². The molecule has 0 saturated heterocycles. The van der Waals surface area contributed by atoms with Crippen molar-refractivity contribution in [2.75, 3.05) is 7.11 Å². The number of benzene rings is 2. The minimum absolute atomic E-state index is 0.0518. The van der Waals surface area contributed by atoms with Crippen LogP contribution in [0.2, 0.25) is 0 Å². The van der Waals surface area contributed by atoms with Gasteiger partial charge in [-0.15, -0.1) is 0 Å². The maximum Gasteiger partial charge on any atom is 0.326 e. The van der Waals surface area contributed by atoms with E-state index in [1.807, 2.05) is 13.8 Å². The second kappa shape index (κ2) is 10.8. The first kappa shape index (κ1) is 22.7. The van der Waals surface area contributed by atoms with E-state index >= 15 is 0 Å². The standard InChI is InChI=1S/C23H26N2O5/c1-15(2)13-20(23(28)29)25-22(27)19(14-16-9-11-18(30-3)12-10-16)24-21(26)17-7-5-4-6-8-17/h4-12,14-15,20H,13H2,1-3H3,(H,24,26)(H,25,27)(H,28,29). The third-order valence-electron chi connectivity index (χ3n) is 4.27. The van der Waals surface area contributed by atoms with Gasteiger partial charge in [-0.25, -0.2) is 4.79 Å². The number of hydrogen-bond donors (Lipinski definition) is 3. The van der Waals surface area contributed by atoms with Crippen LogP contribution in [0.3, 0.4) is 0 Å². The SMILES string of the molecule is COc1ccc(C=C(NC(=O)c2ccccc2)C(=O)NC(CC(C)C)C(=O)O)cc1. The molecule has 0 aliphatic rings. The van der Waals surface area contributed by atoms with Crippen LogP contribution in [-0.4, -0.2) is 36.0 Å². The zero-order valence-electron chi connectivity index (χ0n) is 17.2. The molecule has 2 rings (SSSR count). The van der Waals surface area contributed by atoms with Crippen molar-refractivity contribution in [2.24, 2.45) is 5.92 Å². The van der Waals surface area contributed by atoms with Crippen LogP contribution in [-0.2, 0) is 9.59 Å². The van der Waals surface area contributed by atoms with Crippen molar-refractivity contribution in [3.63, 3.8) is 0 Å². The predicted octanol–water partition coefficient (Wildman–Crippen LogP) is 3.08. The van der Waals surface area contributed by atoms with Crippen molar-refractivity contribution in [3.05, 3.63) is 71.4 Å². The van der Waals surface area contributed by atoms with Crippen LogP contribution in [0.5, 0.6) is 5.75 Å². The van der Waals surface area contributed by atoms with Gasteiger partial charge in [0.2, 0.25) is 0 Å². The lowest BCUT2D eigenvalue weighted by atomic mass is 10.0. The molecule has 2 amide bonds. The van der Waals surface area contributed by atoms with E-state index in [2.05, 4.69) is 10.6 Å². The van der Waals surface area contributed by atoms with Gasteiger partial charge in [-0.3, -0.25) is 9.59 Å². The van der Waals surface area contributed by atoms with Crippen molar-refractivity contribution < 1.29 is 24.2 Å². The van der Waals surface area contributed by atoms with Crippen molar-refractivity contribution in [1.82, 2.24) is 10.6 Å². The van der Waals surface area contributed by atoms with E-state index in [9.17, 15) is 19.5 Å². The van der Waals surface area contributed by atoms with Crippen molar-refractivity contribution in [1.29, 1.82) is 0 Å². The van der Waals surface area contributed by atoms with E-state index in [1.165, 1.54) is 6.08 Å². The van der Waals surface area contributed by atoms with Gasteiger partial charge in [0.25, 0.3) is 11.8 Å². The molecule has 7 heteroatoms. The molecule has 0 radical (unpaired) electrons. The van der Waals surface area contributed by atoms with Crippen LogP contribution in [0.4, 0.5) is 0 Å². The molecule has 0 fully saturated rings. The summed E-state index contributed by atoms with van der Waals surface area (Å²) >= 11 is 0. The highest BCUT2D eigenvalue weighted by Gasteiger charge is 2.24. The number of carbonyl (C=O) groups excluding carboxylic acids is 2. The average molecular weight is 410 g/mol. The van der Waals surface area contributed by atoms with E-state index in [0.717, 1.165) is 0 Å². The minimum atomic E-state index is -1.13. The summed E-state index contributed by atoms with van der Waals surface area (Å²) in [7, 11) is 1.55. The summed E-state index contributed by atoms with van der Waals surface area (Å²) in [6.07, 6.45) is 1.76. The predicted molar refractivity (Wildman–Crippen MR) is 114 cm³/mol. The number of ether oxygens (including phenoxy) is 1. The van der Waals surface area contributed by atoms with E-state index in [1.54, 1.807) is 61.7 Å². The van der Waals surface area contributed by atoms with Gasteiger partial charge in [0.1, 0.15) is 17.5 Å². The Morgan fingerprint density at radius 2 is 1.67 bits per heavy atom. The van der Waals surface area contributed by atoms with Crippen LogP contribution in [0, 0.1) is 5.92 Å². The van der Waals surface area contributed by atoms with Gasteiger partial charge in [0.15, 0.2) is 0 Å².